The average Bonchev–Trinajstić information content (AvgIpc) is 3.02. The molecule has 5 heteroatoms. The number of imidazole rings is 1. The summed E-state index contributed by atoms with van der Waals surface area (Å²) in [5, 5.41) is 4.64. The second-order valence-electron chi connectivity index (χ2n) is 6.09. The van der Waals surface area contributed by atoms with Crippen LogP contribution in [0.25, 0.3) is 11.2 Å². The van der Waals surface area contributed by atoms with Crippen LogP contribution in [0.4, 0.5) is 0 Å². The van der Waals surface area contributed by atoms with Crippen LogP contribution in [-0.4, -0.2) is 19.3 Å². The predicted molar refractivity (Wildman–Crippen MR) is 82.0 cm³/mol. The first-order valence-electron chi connectivity index (χ1n) is 7.61. The third kappa shape index (κ3) is 2.14. The number of alkyl halides is 1. The van der Waals surface area contributed by atoms with E-state index in [-0.39, 0.29) is 0 Å². The van der Waals surface area contributed by atoms with Crippen molar-refractivity contribution < 1.29 is 0 Å². The van der Waals surface area contributed by atoms with Gasteiger partial charge in [-0.3, -0.25) is 4.68 Å². The second kappa shape index (κ2) is 5.06. The van der Waals surface area contributed by atoms with Crippen LogP contribution in [0.1, 0.15) is 51.0 Å². The quantitative estimate of drug-likeness (QED) is 0.762. The van der Waals surface area contributed by atoms with Crippen molar-refractivity contribution in [2.45, 2.75) is 58.4 Å². The van der Waals surface area contributed by atoms with Crippen LogP contribution < -0.4 is 0 Å². The van der Waals surface area contributed by atoms with E-state index in [0.717, 1.165) is 42.1 Å². The van der Waals surface area contributed by atoms with Gasteiger partial charge in [-0.05, 0) is 31.1 Å². The SMILES string of the molecule is CCCc1nn(C)c2c1nc(CCl)n2CC1(CC)CC1. The molecule has 110 valence electrons. The van der Waals surface area contributed by atoms with Crippen LogP contribution in [-0.2, 0) is 25.9 Å². The van der Waals surface area contributed by atoms with Crippen LogP contribution >= 0.6 is 11.6 Å². The number of nitrogens with zero attached hydrogens (tertiary/aromatic N) is 4. The Morgan fingerprint density at radius 3 is 2.60 bits per heavy atom. The lowest BCUT2D eigenvalue weighted by Gasteiger charge is -2.15. The first-order chi connectivity index (χ1) is 9.64. The van der Waals surface area contributed by atoms with E-state index in [9.17, 15) is 0 Å². The zero-order valence-corrected chi connectivity index (χ0v) is 13.4. The zero-order chi connectivity index (χ0) is 14.3. The van der Waals surface area contributed by atoms with Gasteiger partial charge in [0.2, 0.25) is 0 Å². The van der Waals surface area contributed by atoms with Gasteiger partial charge in [0.05, 0.1) is 11.6 Å². The molecule has 0 unspecified atom stereocenters. The fourth-order valence-corrected chi connectivity index (χ4v) is 3.30. The maximum atomic E-state index is 6.12. The molecule has 2 aromatic rings. The van der Waals surface area contributed by atoms with Gasteiger partial charge in [0, 0.05) is 13.6 Å². The van der Waals surface area contributed by atoms with Gasteiger partial charge in [-0.2, -0.15) is 5.10 Å². The van der Waals surface area contributed by atoms with E-state index in [0.29, 0.717) is 11.3 Å². The van der Waals surface area contributed by atoms with Gasteiger partial charge < -0.3 is 4.57 Å². The largest absolute Gasteiger partial charge is 0.311 e. The van der Waals surface area contributed by atoms with Gasteiger partial charge in [-0.15, -0.1) is 11.6 Å². The molecule has 2 heterocycles. The molecule has 1 saturated carbocycles. The maximum Gasteiger partial charge on any atom is 0.158 e. The topological polar surface area (TPSA) is 35.6 Å². The molecule has 0 spiro atoms. The number of halogens is 1. The van der Waals surface area contributed by atoms with Crippen LogP contribution in [0.2, 0.25) is 0 Å². The Morgan fingerprint density at radius 2 is 2.05 bits per heavy atom. The van der Waals surface area contributed by atoms with E-state index in [4.69, 9.17) is 16.6 Å². The molecule has 0 atom stereocenters. The smallest absolute Gasteiger partial charge is 0.158 e. The summed E-state index contributed by atoms with van der Waals surface area (Å²) in [7, 11) is 2.02. The number of fused-ring (bicyclic) bond motifs is 1. The van der Waals surface area contributed by atoms with Crippen molar-refractivity contribution in [3.8, 4) is 0 Å². The summed E-state index contributed by atoms with van der Waals surface area (Å²) in [4.78, 5) is 4.76. The van der Waals surface area contributed by atoms with Gasteiger partial charge >= 0.3 is 0 Å². The molecule has 0 aliphatic heterocycles. The summed E-state index contributed by atoms with van der Waals surface area (Å²) in [5.41, 5.74) is 3.78. The summed E-state index contributed by atoms with van der Waals surface area (Å²) in [6.45, 7) is 5.50. The van der Waals surface area contributed by atoms with Crippen molar-refractivity contribution in [3.05, 3.63) is 11.5 Å². The third-order valence-corrected chi connectivity index (χ3v) is 4.92. The zero-order valence-electron chi connectivity index (χ0n) is 12.6. The number of aryl methyl sites for hydroxylation is 2. The maximum absolute atomic E-state index is 6.12. The molecule has 0 bridgehead atoms. The molecule has 0 radical (unpaired) electrons. The Balaban J connectivity index is 2.09. The highest BCUT2D eigenvalue weighted by molar-refractivity contribution is 6.16. The van der Waals surface area contributed by atoms with Crippen molar-refractivity contribution in [2.24, 2.45) is 12.5 Å². The Hall–Kier alpha value is -1.03. The summed E-state index contributed by atoms with van der Waals surface area (Å²) < 4.78 is 4.29. The molecule has 3 rings (SSSR count). The van der Waals surface area contributed by atoms with Crippen molar-refractivity contribution in [1.82, 2.24) is 19.3 Å². The molecular formula is C15H23ClN4. The normalized spacial score (nSPS) is 17.0. The number of hydrogen-bond donors (Lipinski definition) is 0. The average molecular weight is 295 g/mol. The Kier molecular flexibility index (Phi) is 3.53. The number of hydrogen-bond acceptors (Lipinski definition) is 2. The van der Waals surface area contributed by atoms with Gasteiger partial charge in [-0.1, -0.05) is 20.3 Å². The Bertz CT molecular complexity index is 621. The molecule has 0 amide bonds. The van der Waals surface area contributed by atoms with Crippen molar-refractivity contribution in [3.63, 3.8) is 0 Å². The monoisotopic (exact) mass is 294 g/mol. The molecule has 0 N–H and O–H groups in total. The fraction of sp³-hybridized carbons (Fsp3) is 0.733. The van der Waals surface area contributed by atoms with Crippen LogP contribution in [0.3, 0.4) is 0 Å². The molecule has 4 nitrogen and oxygen atoms in total. The Morgan fingerprint density at radius 1 is 1.30 bits per heavy atom. The van der Waals surface area contributed by atoms with E-state index in [1.807, 2.05) is 11.7 Å². The van der Waals surface area contributed by atoms with E-state index in [1.54, 1.807) is 0 Å². The molecular weight excluding hydrogens is 272 g/mol. The van der Waals surface area contributed by atoms with Crippen LogP contribution in [0, 0.1) is 5.41 Å². The van der Waals surface area contributed by atoms with E-state index in [2.05, 4.69) is 23.5 Å². The van der Waals surface area contributed by atoms with Gasteiger partial charge in [-0.25, -0.2) is 4.98 Å². The number of rotatable bonds is 6. The third-order valence-electron chi connectivity index (χ3n) is 4.68. The first kappa shape index (κ1) is 13.9. The minimum Gasteiger partial charge on any atom is -0.311 e. The van der Waals surface area contributed by atoms with Gasteiger partial charge in [0.1, 0.15) is 11.3 Å². The Labute approximate surface area is 125 Å². The lowest BCUT2D eigenvalue weighted by Crippen LogP contribution is -2.14. The summed E-state index contributed by atoms with van der Waals surface area (Å²) in [6.07, 6.45) is 5.95. The molecule has 2 aromatic heterocycles. The summed E-state index contributed by atoms with van der Waals surface area (Å²) in [6, 6.07) is 0. The highest BCUT2D eigenvalue weighted by atomic mass is 35.5. The minimum absolute atomic E-state index is 0.472. The summed E-state index contributed by atoms with van der Waals surface area (Å²) >= 11 is 6.12. The van der Waals surface area contributed by atoms with E-state index in [1.165, 1.54) is 19.3 Å². The lowest BCUT2D eigenvalue weighted by atomic mass is 10.0. The molecule has 1 fully saturated rings. The molecule has 0 saturated heterocycles. The van der Waals surface area contributed by atoms with Crippen LogP contribution in [0.15, 0.2) is 0 Å². The predicted octanol–water partition coefficient (Wildman–Crippen LogP) is 3.65. The highest BCUT2D eigenvalue weighted by Crippen LogP contribution is 2.50. The molecule has 20 heavy (non-hydrogen) atoms. The minimum atomic E-state index is 0.472. The van der Waals surface area contributed by atoms with Crippen molar-refractivity contribution in [1.29, 1.82) is 0 Å². The van der Waals surface area contributed by atoms with Gasteiger partial charge in [0.15, 0.2) is 5.65 Å². The highest BCUT2D eigenvalue weighted by Gasteiger charge is 2.42. The van der Waals surface area contributed by atoms with E-state index < -0.39 is 0 Å². The standard InChI is InChI=1S/C15H23ClN4/c1-4-6-11-13-14(19(3)18-11)20(12(9-16)17-13)10-15(5-2)7-8-15/h4-10H2,1-3H3. The second-order valence-corrected chi connectivity index (χ2v) is 6.36. The molecule has 1 aliphatic carbocycles. The van der Waals surface area contributed by atoms with Crippen molar-refractivity contribution >= 4 is 22.8 Å². The number of aromatic nitrogens is 4. The summed E-state index contributed by atoms with van der Waals surface area (Å²) in [5.74, 6) is 1.46. The molecule has 1 aliphatic rings. The fourth-order valence-electron chi connectivity index (χ4n) is 3.10. The van der Waals surface area contributed by atoms with Crippen LogP contribution in [0.5, 0.6) is 0 Å². The first-order valence-corrected chi connectivity index (χ1v) is 8.14. The van der Waals surface area contributed by atoms with E-state index >= 15 is 0 Å². The lowest BCUT2D eigenvalue weighted by molar-refractivity contribution is 0.406. The van der Waals surface area contributed by atoms with Crippen molar-refractivity contribution in [2.75, 3.05) is 0 Å². The molecule has 0 aromatic carbocycles. The van der Waals surface area contributed by atoms with Gasteiger partial charge in [0.25, 0.3) is 0 Å².